The van der Waals surface area contributed by atoms with Crippen molar-refractivity contribution < 1.29 is 18.2 Å². The molecule has 1 aliphatic heterocycles. The van der Waals surface area contributed by atoms with Crippen LogP contribution in [-0.2, 0) is 15.9 Å². The summed E-state index contributed by atoms with van der Waals surface area (Å²) in [7, 11) is 5.10. The number of likely N-dealkylation sites (tertiary alicyclic amines) is 1. The minimum atomic E-state index is -0.811. The second-order valence-electron chi connectivity index (χ2n) is 6.86. The summed E-state index contributed by atoms with van der Waals surface area (Å²) in [5.74, 6) is -1.71. The maximum atomic E-state index is 13.3. The monoisotopic (exact) mass is 349 g/mol. The zero-order valence-corrected chi connectivity index (χ0v) is 14.8. The van der Waals surface area contributed by atoms with E-state index < -0.39 is 11.6 Å². The molecule has 0 N–H and O–H groups in total. The molecule has 3 nitrogen and oxygen atoms in total. The Balaban J connectivity index is 1.81. The molecule has 1 unspecified atom stereocenters. The van der Waals surface area contributed by atoms with E-state index in [1.54, 1.807) is 6.07 Å². The molecule has 0 spiro atoms. The highest BCUT2D eigenvalue weighted by atomic mass is 19.2. The van der Waals surface area contributed by atoms with E-state index >= 15 is 0 Å². The minimum absolute atomic E-state index is 0.113. The Labute approximate surface area is 150 Å². The number of rotatable bonds is 8. The van der Waals surface area contributed by atoms with E-state index in [1.165, 1.54) is 12.1 Å². The van der Waals surface area contributed by atoms with E-state index in [-0.39, 0.29) is 11.9 Å². The Morgan fingerprint density at radius 3 is 2.64 bits per heavy atom. The largest absolute Gasteiger partial charge is 0.543 e. The van der Waals surface area contributed by atoms with Gasteiger partial charge in [0.1, 0.15) is 0 Å². The summed E-state index contributed by atoms with van der Waals surface area (Å²) in [4.78, 5) is 14.2. The molecular weight excluding hydrogens is 323 g/mol. The van der Waals surface area contributed by atoms with Gasteiger partial charge in [0.05, 0.1) is 5.92 Å². The van der Waals surface area contributed by atoms with E-state index in [2.05, 4.69) is 16.5 Å². The van der Waals surface area contributed by atoms with Crippen molar-refractivity contribution in [3.05, 3.63) is 35.4 Å². The standard InChI is InChI=1S/C19H26BF2NO2/c1-2-3-4-16(19(24)25-20)15-8-11-23(12-9-15)10-7-14-5-6-17(21)18(22)13-14/h5-6,13,15-16H,2-4,7-12H2,1H3. The third-order valence-corrected chi connectivity index (χ3v) is 5.19. The Morgan fingerprint density at radius 2 is 2.04 bits per heavy atom. The van der Waals surface area contributed by atoms with Gasteiger partial charge in [-0.05, 0) is 62.4 Å². The lowest BCUT2D eigenvalue weighted by molar-refractivity contribution is -0.141. The summed E-state index contributed by atoms with van der Waals surface area (Å²) in [5.41, 5.74) is 0.800. The highest BCUT2D eigenvalue weighted by Gasteiger charge is 2.31. The molecule has 1 fully saturated rings. The molecule has 6 heteroatoms. The van der Waals surface area contributed by atoms with E-state index in [9.17, 15) is 13.6 Å². The van der Waals surface area contributed by atoms with Crippen LogP contribution in [0.5, 0.6) is 0 Å². The van der Waals surface area contributed by atoms with Gasteiger partial charge < -0.3 is 9.55 Å². The van der Waals surface area contributed by atoms with Crippen molar-refractivity contribution >= 4 is 14.0 Å². The van der Waals surface area contributed by atoms with E-state index in [1.807, 2.05) is 0 Å². The van der Waals surface area contributed by atoms with Crippen molar-refractivity contribution in [2.75, 3.05) is 19.6 Å². The number of carbonyl (C=O) groups excluding carboxylic acids is 1. The average Bonchev–Trinajstić information content (AvgIpc) is 2.63. The van der Waals surface area contributed by atoms with Gasteiger partial charge in [0.2, 0.25) is 0 Å². The van der Waals surface area contributed by atoms with Crippen LogP contribution in [0, 0.1) is 23.5 Å². The molecule has 1 saturated heterocycles. The summed E-state index contributed by atoms with van der Waals surface area (Å²) >= 11 is 0. The van der Waals surface area contributed by atoms with Crippen LogP contribution in [0.1, 0.15) is 44.6 Å². The SMILES string of the molecule is [B]OC(=O)C(CCCC)C1CCN(CCc2ccc(F)c(F)c2)CC1. The molecule has 0 amide bonds. The number of carbonyl (C=O) groups is 1. The molecule has 0 bridgehead atoms. The zero-order valence-electron chi connectivity index (χ0n) is 14.8. The molecule has 0 saturated carbocycles. The van der Waals surface area contributed by atoms with Crippen molar-refractivity contribution in [3.8, 4) is 0 Å². The number of unbranched alkanes of at least 4 members (excludes halogenated alkanes) is 1. The first-order valence-corrected chi connectivity index (χ1v) is 9.12. The Morgan fingerprint density at radius 1 is 1.32 bits per heavy atom. The van der Waals surface area contributed by atoms with Gasteiger partial charge in [-0.3, -0.25) is 4.79 Å². The van der Waals surface area contributed by atoms with Crippen LogP contribution in [0.4, 0.5) is 8.78 Å². The van der Waals surface area contributed by atoms with Crippen LogP contribution >= 0.6 is 0 Å². The highest BCUT2D eigenvalue weighted by molar-refractivity contribution is 6.05. The van der Waals surface area contributed by atoms with Gasteiger partial charge in [-0.15, -0.1) is 0 Å². The molecule has 2 rings (SSSR count). The average molecular weight is 349 g/mol. The van der Waals surface area contributed by atoms with E-state index in [0.717, 1.165) is 57.3 Å². The van der Waals surface area contributed by atoms with Gasteiger partial charge in [0.15, 0.2) is 11.6 Å². The molecule has 1 heterocycles. The van der Waals surface area contributed by atoms with Crippen LogP contribution < -0.4 is 0 Å². The van der Waals surface area contributed by atoms with Crippen LogP contribution in [0.15, 0.2) is 18.2 Å². The predicted molar refractivity (Wildman–Crippen MR) is 94.1 cm³/mol. The Kier molecular flexibility index (Phi) is 7.88. The molecule has 1 atom stereocenters. The summed E-state index contributed by atoms with van der Waals surface area (Å²) < 4.78 is 30.7. The van der Waals surface area contributed by atoms with Crippen LogP contribution in [0.2, 0.25) is 0 Å². The smallest absolute Gasteiger partial charge is 0.378 e. The summed E-state index contributed by atoms with van der Waals surface area (Å²) in [6.45, 7) is 4.70. The zero-order chi connectivity index (χ0) is 18.2. The van der Waals surface area contributed by atoms with Gasteiger partial charge in [-0.1, -0.05) is 25.8 Å². The number of nitrogens with zero attached hydrogens (tertiary/aromatic N) is 1. The van der Waals surface area contributed by atoms with Gasteiger partial charge in [-0.2, -0.15) is 0 Å². The third-order valence-electron chi connectivity index (χ3n) is 5.19. The lowest BCUT2D eigenvalue weighted by Gasteiger charge is -2.35. The number of hydrogen-bond acceptors (Lipinski definition) is 3. The van der Waals surface area contributed by atoms with Crippen molar-refractivity contribution in [3.63, 3.8) is 0 Å². The first-order chi connectivity index (χ1) is 12.0. The van der Waals surface area contributed by atoms with Gasteiger partial charge in [0, 0.05) is 6.54 Å². The number of hydrogen-bond donors (Lipinski definition) is 0. The van der Waals surface area contributed by atoms with Crippen molar-refractivity contribution in [2.24, 2.45) is 11.8 Å². The topological polar surface area (TPSA) is 29.5 Å². The molecule has 0 aromatic heterocycles. The second kappa shape index (κ2) is 9.90. The second-order valence-corrected chi connectivity index (χ2v) is 6.86. The molecule has 136 valence electrons. The molecule has 1 aromatic rings. The van der Waals surface area contributed by atoms with Crippen LogP contribution in [0.25, 0.3) is 0 Å². The summed E-state index contributed by atoms with van der Waals surface area (Å²) in [5, 5.41) is 0. The van der Waals surface area contributed by atoms with Crippen molar-refractivity contribution in [1.29, 1.82) is 0 Å². The molecular formula is C19H26BF2NO2. The van der Waals surface area contributed by atoms with Crippen molar-refractivity contribution in [2.45, 2.75) is 45.4 Å². The maximum absolute atomic E-state index is 13.3. The van der Waals surface area contributed by atoms with E-state index in [4.69, 9.17) is 8.05 Å². The highest BCUT2D eigenvalue weighted by Crippen LogP contribution is 2.29. The first-order valence-electron chi connectivity index (χ1n) is 9.12. The Hall–Kier alpha value is -1.43. The lowest BCUT2D eigenvalue weighted by Crippen LogP contribution is -2.39. The number of halogens is 2. The van der Waals surface area contributed by atoms with Gasteiger partial charge in [-0.25, -0.2) is 8.78 Å². The van der Waals surface area contributed by atoms with Crippen LogP contribution in [-0.4, -0.2) is 38.6 Å². The number of benzene rings is 1. The maximum Gasteiger partial charge on any atom is 0.378 e. The molecule has 0 aliphatic carbocycles. The number of piperidine rings is 1. The van der Waals surface area contributed by atoms with E-state index in [0.29, 0.717) is 12.3 Å². The fourth-order valence-electron chi connectivity index (χ4n) is 3.62. The minimum Gasteiger partial charge on any atom is -0.543 e. The lowest BCUT2D eigenvalue weighted by atomic mass is 9.81. The van der Waals surface area contributed by atoms with Gasteiger partial charge in [0.25, 0.3) is 5.97 Å². The predicted octanol–water partition coefficient (Wildman–Crippen LogP) is 3.65. The van der Waals surface area contributed by atoms with Crippen molar-refractivity contribution in [1.82, 2.24) is 4.90 Å². The third kappa shape index (κ3) is 5.80. The molecule has 25 heavy (non-hydrogen) atoms. The fraction of sp³-hybridized carbons (Fsp3) is 0.632. The first kappa shape index (κ1) is 19.9. The quantitative estimate of drug-likeness (QED) is 0.671. The normalized spacial score (nSPS) is 17.4. The Bertz CT molecular complexity index is 562. The molecule has 1 aliphatic rings. The summed E-state index contributed by atoms with van der Waals surface area (Å²) in [6.07, 6.45) is 5.41. The fourth-order valence-corrected chi connectivity index (χ4v) is 3.62. The molecule has 2 radical (unpaired) electrons. The molecule has 1 aromatic carbocycles. The summed E-state index contributed by atoms with van der Waals surface area (Å²) in [6, 6.07) is 4.07. The van der Waals surface area contributed by atoms with Crippen LogP contribution in [0.3, 0.4) is 0 Å². The van der Waals surface area contributed by atoms with Gasteiger partial charge >= 0.3 is 8.05 Å².